The van der Waals surface area contributed by atoms with Gasteiger partial charge in [-0.3, -0.25) is 4.90 Å². The highest BCUT2D eigenvalue weighted by Gasteiger charge is 2.26. The first-order valence-corrected chi connectivity index (χ1v) is 12.5. The molecule has 1 saturated heterocycles. The molecule has 1 aliphatic rings. The van der Waals surface area contributed by atoms with Gasteiger partial charge in [-0.1, -0.05) is 67.1 Å². The summed E-state index contributed by atoms with van der Waals surface area (Å²) in [6.45, 7) is 5.38. The molecule has 1 N–H and O–H groups in total. The zero-order valence-electron chi connectivity index (χ0n) is 20.5. The maximum Gasteiger partial charge on any atom is 0.360 e. The molecule has 1 aliphatic heterocycles. The number of esters is 1. The highest BCUT2D eigenvalue weighted by Crippen LogP contribution is 2.29. The predicted octanol–water partition coefficient (Wildman–Crippen LogP) is 4.69. The van der Waals surface area contributed by atoms with Crippen molar-refractivity contribution in [1.29, 1.82) is 0 Å². The second-order valence-electron chi connectivity index (χ2n) is 9.07. The molecule has 0 amide bonds. The third-order valence-electron chi connectivity index (χ3n) is 6.72. The molecule has 6 heteroatoms. The molecule has 1 aromatic heterocycles. The number of carbonyl (C=O) groups excluding carboxylic acids is 1. The Morgan fingerprint density at radius 1 is 0.886 bits per heavy atom. The van der Waals surface area contributed by atoms with Crippen molar-refractivity contribution in [2.24, 2.45) is 0 Å². The molecule has 0 saturated carbocycles. The Hall–Kier alpha value is -3.22. The number of carbonyl (C=O) groups is 1. The Bertz CT molecular complexity index is 1030. The van der Waals surface area contributed by atoms with E-state index in [1.165, 1.54) is 24.3 Å². The maximum atomic E-state index is 11.7. The molecule has 6 nitrogen and oxygen atoms in total. The van der Waals surface area contributed by atoms with E-state index in [4.69, 9.17) is 0 Å². The largest absolute Gasteiger partial charge is 0.505 e. The molecule has 4 rings (SSSR count). The number of methoxy groups -OCH3 is 1. The fraction of sp³-hybridized carbons (Fsp3) is 0.379. The van der Waals surface area contributed by atoms with Crippen LogP contribution < -0.4 is 0 Å². The summed E-state index contributed by atoms with van der Waals surface area (Å²) in [5, 5.41) is 9.80. The molecule has 0 atom stereocenters. The van der Waals surface area contributed by atoms with Crippen molar-refractivity contribution in [2.45, 2.75) is 31.7 Å². The number of hydrogen-bond acceptors (Lipinski definition) is 6. The highest BCUT2D eigenvalue weighted by molar-refractivity contribution is 5.90. The van der Waals surface area contributed by atoms with Crippen LogP contribution in [-0.2, 0) is 11.2 Å². The van der Waals surface area contributed by atoms with Gasteiger partial charge in [0.15, 0.2) is 5.69 Å². The number of pyridine rings is 1. The molecule has 184 valence electrons. The Labute approximate surface area is 208 Å². The van der Waals surface area contributed by atoms with Crippen LogP contribution in [0.15, 0.2) is 72.8 Å². The number of hydrogen-bond donors (Lipinski definition) is 1. The van der Waals surface area contributed by atoms with Crippen LogP contribution in [0.2, 0.25) is 0 Å². The van der Waals surface area contributed by atoms with E-state index < -0.39 is 5.97 Å². The molecule has 35 heavy (non-hydrogen) atoms. The van der Waals surface area contributed by atoms with Gasteiger partial charge in [0.05, 0.1) is 13.2 Å². The van der Waals surface area contributed by atoms with E-state index >= 15 is 0 Å². The SMILES string of the molecule is COC(=O)c1nc(CCCCCN2CCN(C(c3ccccc3)c3ccccc3)CC2)ccc1O. The van der Waals surface area contributed by atoms with E-state index in [2.05, 4.69) is 80.2 Å². The van der Waals surface area contributed by atoms with Gasteiger partial charge in [-0.25, -0.2) is 9.78 Å². The third kappa shape index (κ3) is 6.68. The second-order valence-corrected chi connectivity index (χ2v) is 9.07. The topological polar surface area (TPSA) is 65.9 Å². The number of benzene rings is 2. The van der Waals surface area contributed by atoms with Gasteiger partial charge in [-0.05, 0) is 49.1 Å². The van der Waals surface area contributed by atoms with E-state index in [1.54, 1.807) is 6.07 Å². The summed E-state index contributed by atoms with van der Waals surface area (Å²) in [6.07, 6.45) is 4.03. The van der Waals surface area contributed by atoms with Crippen LogP contribution in [0.1, 0.15) is 52.6 Å². The van der Waals surface area contributed by atoms with Gasteiger partial charge in [-0.15, -0.1) is 0 Å². The van der Waals surface area contributed by atoms with E-state index in [0.29, 0.717) is 6.04 Å². The summed E-state index contributed by atoms with van der Waals surface area (Å²) >= 11 is 0. The lowest BCUT2D eigenvalue weighted by atomic mass is 9.96. The van der Waals surface area contributed by atoms with Crippen molar-refractivity contribution in [2.75, 3.05) is 39.8 Å². The Kier molecular flexibility index (Phi) is 8.87. The average molecular weight is 474 g/mol. The molecule has 0 aliphatic carbocycles. The van der Waals surface area contributed by atoms with Gasteiger partial charge in [0.25, 0.3) is 0 Å². The van der Waals surface area contributed by atoms with Crippen molar-refractivity contribution >= 4 is 5.97 Å². The highest BCUT2D eigenvalue weighted by atomic mass is 16.5. The smallest absolute Gasteiger partial charge is 0.360 e. The minimum Gasteiger partial charge on any atom is -0.505 e. The van der Waals surface area contributed by atoms with Crippen molar-refractivity contribution in [3.63, 3.8) is 0 Å². The number of aryl methyl sites for hydroxylation is 1. The Morgan fingerprint density at radius 3 is 2.11 bits per heavy atom. The number of rotatable bonds is 10. The van der Waals surface area contributed by atoms with Crippen molar-refractivity contribution in [3.8, 4) is 5.75 Å². The molecular formula is C29H35N3O3. The quantitative estimate of drug-likeness (QED) is 0.340. The summed E-state index contributed by atoms with van der Waals surface area (Å²) in [6, 6.07) is 25.2. The molecule has 0 spiro atoms. The van der Waals surface area contributed by atoms with Gasteiger partial charge in [0.2, 0.25) is 0 Å². The monoisotopic (exact) mass is 473 g/mol. The number of unbranched alkanes of at least 4 members (excludes halogenated alkanes) is 2. The normalized spacial score (nSPS) is 14.8. The first kappa shape index (κ1) is 24.9. The number of aromatic nitrogens is 1. The number of nitrogens with zero attached hydrogens (tertiary/aromatic N) is 3. The van der Waals surface area contributed by atoms with Crippen LogP contribution >= 0.6 is 0 Å². The van der Waals surface area contributed by atoms with Crippen LogP contribution in [0.5, 0.6) is 5.75 Å². The third-order valence-corrected chi connectivity index (χ3v) is 6.72. The van der Waals surface area contributed by atoms with Crippen LogP contribution in [0, 0.1) is 0 Å². The number of piperazine rings is 1. The lowest BCUT2D eigenvalue weighted by Gasteiger charge is -2.39. The van der Waals surface area contributed by atoms with Gasteiger partial charge in [-0.2, -0.15) is 0 Å². The lowest BCUT2D eigenvalue weighted by molar-refractivity contribution is 0.0590. The van der Waals surface area contributed by atoms with Gasteiger partial charge < -0.3 is 14.7 Å². The maximum absolute atomic E-state index is 11.7. The summed E-state index contributed by atoms with van der Waals surface area (Å²) in [4.78, 5) is 21.2. The van der Waals surface area contributed by atoms with Crippen molar-refractivity contribution in [3.05, 3.63) is 95.3 Å². The molecule has 2 heterocycles. The molecule has 1 fully saturated rings. The average Bonchev–Trinajstić information content (AvgIpc) is 2.91. The molecule has 0 bridgehead atoms. The zero-order valence-corrected chi connectivity index (χ0v) is 20.5. The first-order valence-electron chi connectivity index (χ1n) is 12.5. The second kappa shape index (κ2) is 12.5. The molecule has 0 unspecified atom stereocenters. The van der Waals surface area contributed by atoms with E-state index in [-0.39, 0.29) is 11.4 Å². The van der Waals surface area contributed by atoms with Gasteiger partial charge in [0, 0.05) is 31.9 Å². The molecular weight excluding hydrogens is 438 g/mol. The molecule has 3 aromatic rings. The van der Waals surface area contributed by atoms with E-state index in [9.17, 15) is 9.90 Å². The molecule has 0 radical (unpaired) electrons. The molecule has 2 aromatic carbocycles. The summed E-state index contributed by atoms with van der Waals surface area (Å²) < 4.78 is 4.68. The minimum absolute atomic E-state index is 0.00724. The summed E-state index contributed by atoms with van der Waals surface area (Å²) in [5.41, 5.74) is 3.51. The number of aromatic hydroxyl groups is 1. The standard InChI is InChI=1S/C29H35N3O3/c1-35-29(34)27-26(33)17-16-25(30-27)15-9-4-10-18-31-19-21-32(22-20-31)28(23-11-5-2-6-12-23)24-13-7-3-8-14-24/h2-3,5-8,11-14,16-17,28,33H,4,9-10,15,18-22H2,1H3. The number of ether oxygens (including phenoxy) is 1. The van der Waals surface area contributed by atoms with Crippen LogP contribution in [-0.4, -0.2) is 65.7 Å². The fourth-order valence-corrected chi connectivity index (χ4v) is 4.83. The van der Waals surface area contributed by atoms with Crippen molar-refractivity contribution < 1.29 is 14.6 Å². The fourth-order valence-electron chi connectivity index (χ4n) is 4.83. The first-order chi connectivity index (χ1) is 17.2. The summed E-state index contributed by atoms with van der Waals surface area (Å²) in [5.74, 6) is -0.744. The van der Waals surface area contributed by atoms with E-state index in [0.717, 1.165) is 64.1 Å². The minimum atomic E-state index is -0.606. The Morgan fingerprint density at radius 2 is 1.51 bits per heavy atom. The van der Waals surface area contributed by atoms with Crippen LogP contribution in [0.4, 0.5) is 0 Å². The van der Waals surface area contributed by atoms with Gasteiger partial charge in [0.1, 0.15) is 5.75 Å². The van der Waals surface area contributed by atoms with Crippen molar-refractivity contribution in [1.82, 2.24) is 14.8 Å². The Balaban J connectivity index is 1.23. The van der Waals surface area contributed by atoms with E-state index in [1.807, 2.05) is 0 Å². The lowest BCUT2D eigenvalue weighted by Crippen LogP contribution is -2.48. The van der Waals surface area contributed by atoms with Gasteiger partial charge >= 0.3 is 5.97 Å². The zero-order chi connectivity index (χ0) is 24.5. The summed E-state index contributed by atoms with van der Waals surface area (Å²) in [7, 11) is 1.29. The predicted molar refractivity (Wildman–Crippen MR) is 138 cm³/mol. The van der Waals surface area contributed by atoms with Crippen LogP contribution in [0.3, 0.4) is 0 Å². The van der Waals surface area contributed by atoms with Crippen LogP contribution in [0.25, 0.3) is 0 Å².